The molecule has 2 N–H and O–H groups in total. The maximum absolute atomic E-state index is 4.19. The molecule has 1 aliphatic heterocycles. The Bertz CT molecular complexity index is 771. The van der Waals surface area contributed by atoms with Crippen molar-refractivity contribution in [1.29, 1.82) is 0 Å². The van der Waals surface area contributed by atoms with Crippen LogP contribution >= 0.6 is 0 Å². The van der Waals surface area contributed by atoms with Crippen molar-refractivity contribution in [1.82, 2.24) is 0 Å². The molecule has 0 aromatic heterocycles. The molecule has 0 spiro atoms. The first-order valence-electron chi connectivity index (χ1n) is 7.58. The summed E-state index contributed by atoms with van der Waals surface area (Å²) in [4.78, 5) is 0. The number of benzene rings is 2. The maximum Gasteiger partial charge on any atom is 0.0552 e. The number of para-hydroxylation sites is 2. The van der Waals surface area contributed by atoms with Gasteiger partial charge in [-0.25, -0.2) is 0 Å². The van der Waals surface area contributed by atoms with E-state index in [1.165, 1.54) is 11.3 Å². The Morgan fingerprint density at radius 2 is 1.77 bits per heavy atom. The van der Waals surface area contributed by atoms with Gasteiger partial charge in [-0.05, 0) is 29.3 Å². The standard InChI is InChI=1S/C20H18N2/c1-14(21-16-7-3-2-4-8-16)15-11-12-20-18(13-15)17-9-5-6-10-19(17)22-20/h2-13,18,20-22H,1H2. The lowest BCUT2D eigenvalue weighted by atomic mass is 9.88. The van der Waals surface area contributed by atoms with Gasteiger partial charge in [0.2, 0.25) is 0 Å². The van der Waals surface area contributed by atoms with E-state index < -0.39 is 0 Å². The van der Waals surface area contributed by atoms with Gasteiger partial charge in [0, 0.05) is 23.0 Å². The number of nitrogens with one attached hydrogen (secondary N) is 2. The van der Waals surface area contributed by atoms with Gasteiger partial charge in [-0.3, -0.25) is 0 Å². The van der Waals surface area contributed by atoms with Gasteiger partial charge in [-0.1, -0.05) is 61.2 Å². The van der Waals surface area contributed by atoms with Crippen LogP contribution in [0.2, 0.25) is 0 Å². The Morgan fingerprint density at radius 3 is 2.64 bits per heavy atom. The first kappa shape index (κ1) is 13.0. The van der Waals surface area contributed by atoms with Crippen LogP contribution < -0.4 is 10.6 Å². The molecule has 2 unspecified atom stereocenters. The molecule has 2 aromatic carbocycles. The summed E-state index contributed by atoms with van der Waals surface area (Å²) in [5.41, 5.74) is 5.76. The molecule has 0 fully saturated rings. The van der Waals surface area contributed by atoms with Gasteiger partial charge in [0.1, 0.15) is 0 Å². The number of rotatable bonds is 3. The third-order valence-corrected chi connectivity index (χ3v) is 4.29. The van der Waals surface area contributed by atoms with Crippen molar-refractivity contribution in [2.24, 2.45) is 0 Å². The van der Waals surface area contributed by atoms with E-state index in [4.69, 9.17) is 0 Å². The highest BCUT2D eigenvalue weighted by Gasteiger charge is 2.30. The van der Waals surface area contributed by atoms with Crippen LogP contribution in [0.4, 0.5) is 11.4 Å². The van der Waals surface area contributed by atoms with E-state index in [0.29, 0.717) is 12.0 Å². The zero-order valence-corrected chi connectivity index (χ0v) is 12.3. The number of hydrogen-bond acceptors (Lipinski definition) is 2. The average molecular weight is 286 g/mol. The molecule has 2 aromatic rings. The van der Waals surface area contributed by atoms with E-state index in [-0.39, 0.29) is 0 Å². The highest BCUT2D eigenvalue weighted by atomic mass is 15.0. The van der Waals surface area contributed by atoms with Crippen LogP contribution in [0.25, 0.3) is 0 Å². The summed E-state index contributed by atoms with van der Waals surface area (Å²) < 4.78 is 0. The summed E-state index contributed by atoms with van der Waals surface area (Å²) in [6.45, 7) is 4.19. The molecule has 0 radical (unpaired) electrons. The molecular formula is C20H18N2. The highest BCUT2D eigenvalue weighted by Crippen LogP contribution is 2.40. The van der Waals surface area contributed by atoms with Crippen molar-refractivity contribution in [3.63, 3.8) is 0 Å². The predicted octanol–water partition coefficient (Wildman–Crippen LogP) is 4.69. The molecule has 0 saturated carbocycles. The van der Waals surface area contributed by atoms with Crippen molar-refractivity contribution in [2.75, 3.05) is 10.6 Å². The fraction of sp³-hybridized carbons (Fsp3) is 0.100. The van der Waals surface area contributed by atoms with Crippen LogP contribution in [0.15, 0.2) is 90.7 Å². The molecule has 1 aliphatic carbocycles. The summed E-state index contributed by atoms with van der Waals surface area (Å²) in [7, 11) is 0. The molecule has 0 bridgehead atoms. The van der Waals surface area contributed by atoms with Crippen LogP contribution in [0.3, 0.4) is 0 Å². The van der Waals surface area contributed by atoms with Crippen LogP contribution in [-0.4, -0.2) is 6.04 Å². The van der Waals surface area contributed by atoms with Crippen LogP contribution in [0, 0.1) is 0 Å². The summed E-state index contributed by atoms with van der Waals surface area (Å²) in [5.74, 6) is 0.380. The van der Waals surface area contributed by atoms with E-state index in [0.717, 1.165) is 17.0 Å². The largest absolute Gasteiger partial charge is 0.378 e. The molecule has 2 atom stereocenters. The lowest BCUT2D eigenvalue weighted by Gasteiger charge is -2.21. The summed E-state index contributed by atoms with van der Waals surface area (Å²) in [6.07, 6.45) is 6.69. The minimum Gasteiger partial charge on any atom is -0.378 e. The quantitative estimate of drug-likeness (QED) is 0.855. The third kappa shape index (κ3) is 2.23. The van der Waals surface area contributed by atoms with Gasteiger partial charge < -0.3 is 10.6 Å². The summed E-state index contributed by atoms with van der Waals surface area (Å²) in [6, 6.07) is 19.0. The number of anilines is 2. The smallest absolute Gasteiger partial charge is 0.0552 e. The number of fused-ring (bicyclic) bond motifs is 3. The molecule has 22 heavy (non-hydrogen) atoms. The molecular weight excluding hydrogens is 268 g/mol. The molecule has 2 aliphatic rings. The van der Waals surface area contributed by atoms with Gasteiger partial charge in [0.15, 0.2) is 0 Å². The Morgan fingerprint density at radius 1 is 1.00 bits per heavy atom. The Balaban J connectivity index is 1.59. The molecule has 1 heterocycles. The molecule has 108 valence electrons. The first-order valence-corrected chi connectivity index (χ1v) is 7.58. The van der Waals surface area contributed by atoms with Gasteiger partial charge in [0.25, 0.3) is 0 Å². The van der Waals surface area contributed by atoms with E-state index >= 15 is 0 Å². The van der Waals surface area contributed by atoms with Gasteiger partial charge >= 0.3 is 0 Å². The number of allylic oxidation sites excluding steroid dienone is 1. The topological polar surface area (TPSA) is 24.1 Å². The second-order valence-corrected chi connectivity index (χ2v) is 5.73. The van der Waals surface area contributed by atoms with Crippen LogP contribution in [0.5, 0.6) is 0 Å². The lowest BCUT2D eigenvalue weighted by molar-refractivity contribution is 0.798. The van der Waals surface area contributed by atoms with Crippen molar-refractivity contribution in [2.45, 2.75) is 12.0 Å². The second kappa shape index (κ2) is 5.23. The molecule has 0 saturated heterocycles. The van der Waals surface area contributed by atoms with Gasteiger partial charge in [0.05, 0.1) is 6.04 Å². The second-order valence-electron chi connectivity index (χ2n) is 5.73. The third-order valence-electron chi connectivity index (χ3n) is 4.29. The van der Waals surface area contributed by atoms with E-state index in [1.807, 2.05) is 30.3 Å². The van der Waals surface area contributed by atoms with E-state index in [1.54, 1.807) is 0 Å². The van der Waals surface area contributed by atoms with Crippen LogP contribution in [-0.2, 0) is 0 Å². The molecule has 2 nitrogen and oxygen atoms in total. The molecule has 0 amide bonds. The van der Waals surface area contributed by atoms with Crippen molar-refractivity contribution in [3.8, 4) is 0 Å². The van der Waals surface area contributed by atoms with Crippen molar-refractivity contribution in [3.05, 3.63) is 96.2 Å². The maximum atomic E-state index is 4.19. The molecule has 2 heteroatoms. The zero-order valence-electron chi connectivity index (χ0n) is 12.3. The highest BCUT2D eigenvalue weighted by molar-refractivity contribution is 5.65. The lowest BCUT2D eigenvalue weighted by Crippen LogP contribution is -2.19. The fourth-order valence-electron chi connectivity index (χ4n) is 3.17. The van der Waals surface area contributed by atoms with Crippen molar-refractivity contribution >= 4 is 11.4 Å². The predicted molar refractivity (Wildman–Crippen MR) is 93.0 cm³/mol. The average Bonchev–Trinajstić information content (AvgIpc) is 2.93. The summed E-state index contributed by atoms with van der Waals surface area (Å²) >= 11 is 0. The van der Waals surface area contributed by atoms with Crippen LogP contribution in [0.1, 0.15) is 11.5 Å². The Labute approximate surface area is 130 Å². The SMILES string of the molecule is C=C(Nc1ccccc1)C1=CC2c3ccccc3NC2C=C1. The minimum absolute atomic E-state index is 0.352. The number of hydrogen-bond donors (Lipinski definition) is 2. The molecule has 4 rings (SSSR count). The monoisotopic (exact) mass is 286 g/mol. The Kier molecular flexibility index (Phi) is 3.08. The van der Waals surface area contributed by atoms with Gasteiger partial charge in [-0.2, -0.15) is 0 Å². The first-order chi connectivity index (χ1) is 10.8. The summed E-state index contributed by atoms with van der Waals surface area (Å²) in [5, 5.41) is 6.95. The normalized spacial score (nSPS) is 21.4. The Hall–Kier alpha value is -2.74. The van der Waals surface area contributed by atoms with E-state index in [2.05, 4.69) is 59.7 Å². The van der Waals surface area contributed by atoms with E-state index in [9.17, 15) is 0 Å². The van der Waals surface area contributed by atoms with Crippen molar-refractivity contribution < 1.29 is 0 Å². The fourth-order valence-corrected chi connectivity index (χ4v) is 3.17. The van der Waals surface area contributed by atoms with Gasteiger partial charge in [-0.15, -0.1) is 0 Å². The minimum atomic E-state index is 0.352. The zero-order chi connectivity index (χ0) is 14.9.